The largest absolute Gasteiger partial charge is 0.398 e. The molecule has 0 fully saturated rings. The molecule has 2 N–H and O–H groups in total. The van der Waals surface area contributed by atoms with Crippen LogP contribution in [-0.2, 0) is 10.0 Å². The second-order valence-electron chi connectivity index (χ2n) is 3.56. The molecule has 0 aliphatic rings. The zero-order valence-electron chi connectivity index (χ0n) is 9.49. The molecule has 0 aromatic heterocycles. The smallest absolute Gasteiger partial charge is 0.245 e. The Morgan fingerprint density at radius 1 is 1.44 bits per heavy atom. The lowest BCUT2D eigenvalue weighted by molar-refractivity contribution is 0.478. The van der Waals surface area contributed by atoms with Crippen molar-refractivity contribution >= 4 is 15.7 Å². The zero-order valence-corrected chi connectivity index (χ0v) is 10.3. The molecule has 0 bridgehead atoms. The molecule has 4 nitrogen and oxygen atoms in total. The molecule has 0 amide bonds. The Bertz CT molecular complexity index is 500. The van der Waals surface area contributed by atoms with Crippen molar-refractivity contribution in [2.75, 3.05) is 19.3 Å². The van der Waals surface area contributed by atoms with Crippen molar-refractivity contribution in [3.8, 4) is 0 Å². The molecule has 1 aromatic rings. The highest BCUT2D eigenvalue weighted by atomic mass is 32.2. The summed E-state index contributed by atoms with van der Waals surface area (Å²) in [7, 11) is -2.39. The van der Waals surface area contributed by atoms with Crippen LogP contribution in [0.5, 0.6) is 0 Å². The minimum absolute atomic E-state index is 0.268. The van der Waals surface area contributed by atoms with E-state index in [1.54, 1.807) is 13.8 Å². The van der Waals surface area contributed by atoms with Crippen LogP contribution in [0.1, 0.15) is 12.5 Å². The predicted molar refractivity (Wildman–Crippen MR) is 61.0 cm³/mol. The fourth-order valence-corrected chi connectivity index (χ4v) is 2.46. The summed E-state index contributed by atoms with van der Waals surface area (Å²) in [4.78, 5) is -0.375. The number of rotatable bonds is 3. The normalized spacial score (nSPS) is 12.1. The maximum Gasteiger partial charge on any atom is 0.245 e. The first-order chi connectivity index (χ1) is 7.30. The summed E-state index contributed by atoms with van der Waals surface area (Å²) in [6, 6.07) is 2.29. The van der Waals surface area contributed by atoms with E-state index < -0.39 is 15.8 Å². The number of nitrogen functional groups attached to an aromatic ring is 1. The van der Waals surface area contributed by atoms with E-state index in [4.69, 9.17) is 5.73 Å². The molecule has 0 unspecified atom stereocenters. The highest BCUT2D eigenvalue weighted by Gasteiger charge is 2.24. The number of nitrogens with zero attached hydrogens (tertiary/aromatic N) is 1. The summed E-state index contributed by atoms with van der Waals surface area (Å²) >= 11 is 0. The molecule has 0 atom stereocenters. The van der Waals surface area contributed by atoms with Crippen LogP contribution in [0.15, 0.2) is 17.0 Å². The van der Waals surface area contributed by atoms with E-state index >= 15 is 0 Å². The van der Waals surface area contributed by atoms with E-state index in [0.29, 0.717) is 5.56 Å². The number of aryl methyl sites for hydroxylation is 1. The Labute approximate surface area is 94.9 Å². The van der Waals surface area contributed by atoms with Crippen LogP contribution in [0.25, 0.3) is 0 Å². The molecule has 0 radical (unpaired) electrons. The summed E-state index contributed by atoms with van der Waals surface area (Å²) < 4.78 is 38.4. The second-order valence-corrected chi connectivity index (χ2v) is 5.57. The van der Waals surface area contributed by atoms with Crippen LogP contribution in [0.3, 0.4) is 0 Å². The van der Waals surface area contributed by atoms with Crippen LogP contribution in [0, 0.1) is 12.7 Å². The topological polar surface area (TPSA) is 63.4 Å². The molecule has 16 heavy (non-hydrogen) atoms. The first-order valence-electron chi connectivity index (χ1n) is 4.82. The average molecular weight is 246 g/mol. The SMILES string of the molecule is CCN(C)S(=O)(=O)c1cc(N)c(C)cc1F. The summed E-state index contributed by atoms with van der Waals surface area (Å²) in [6.07, 6.45) is 0. The van der Waals surface area contributed by atoms with Gasteiger partial charge < -0.3 is 5.73 Å². The standard InChI is InChI=1S/C10H15FN2O2S/c1-4-13(3)16(14,15)10-6-9(12)7(2)5-8(10)11/h5-6H,4,12H2,1-3H3. The Morgan fingerprint density at radius 2 is 2.00 bits per heavy atom. The number of hydrogen-bond acceptors (Lipinski definition) is 3. The highest BCUT2D eigenvalue weighted by Crippen LogP contribution is 2.23. The van der Waals surface area contributed by atoms with Crippen LogP contribution in [0.4, 0.5) is 10.1 Å². The van der Waals surface area contributed by atoms with E-state index in [-0.39, 0.29) is 17.1 Å². The van der Waals surface area contributed by atoms with Gasteiger partial charge in [-0.2, -0.15) is 0 Å². The van der Waals surface area contributed by atoms with Gasteiger partial charge in [-0.25, -0.2) is 17.1 Å². The van der Waals surface area contributed by atoms with E-state index in [1.807, 2.05) is 0 Å². The number of nitrogens with two attached hydrogens (primary N) is 1. The quantitative estimate of drug-likeness (QED) is 0.819. The van der Waals surface area contributed by atoms with E-state index in [1.165, 1.54) is 7.05 Å². The fraction of sp³-hybridized carbons (Fsp3) is 0.400. The Kier molecular flexibility index (Phi) is 3.54. The van der Waals surface area contributed by atoms with Gasteiger partial charge in [-0.3, -0.25) is 0 Å². The van der Waals surface area contributed by atoms with Crippen molar-refractivity contribution in [2.24, 2.45) is 0 Å². The monoisotopic (exact) mass is 246 g/mol. The first-order valence-corrected chi connectivity index (χ1v) is 6.26. The van der Waals surface area contributed by atoms with Gasteiger partial charge in [0.2, 0.25) is 10.0 Å². The molecule has 0 spiro atoms. The van der Waals surface area contributed by atoms with Gasteiger partial charge in [-0.15, -0.1) is 0 Å². The van der Waals surface area contributed by atoms with Gasteiger partial charge in [0, 0.05) is 19.3 Å². The molecule has 0 saturated heterocycles. The second kappa shape index (κ2) is 4.39. The average Bonchev–Trinajstić information content (AvgIpc) is 2.21. The Morgan fingerprint density at radius 3 is 2.50 bits per heavy atom. The third-order valence-electron chi connectivity index (χ3n) is 2.45. The minimum atomic E-state index is -3.78. The van der Waals surface area contributed by atoms with Crippen molar-refractivity contribution in [3.05, 3.63) is 23.5 Å². The summed E-state index contributed by atoms with van der Waals surface area (Å²) in [6.45, 7) is 3.57. The van der Waals surface area contributed by atoms with Crippen molar-refractivity contribution in [3.63, 3.8) is 0 Å². The molecule has 90 valence electrons. The van der Waals surface area contributed by atoms with Gasteiger partial charge >= 0.3 is 0 Å². The molecular weight excluding hydrogens is 231 g/mol. The minimum Gasteiger partial charge on any atom is -0.398 e. The van der Waals surface area contributed by atoms with Crippen molar-refractivity contribution in [1.29, 1.82) is 0 Å². The van der Waals surface area contributed by atoms with E-state index in [0.717, 1.165) is 16.4 Å². The first kappa shape index (κ1) is 12.9. The predicted octanol–water partition coefficient (Wildman–Crippen LogP) is 1.36. The Balaban J connectivity index is 3.40. The molecule has 0 heterocycles. The van der Waals surface area contributed by atoms with Crippen molar-refractivity contribution < 1.29 is 12.8 Å². The van der Waals surface area contributed by atoms with Gasteiger partial charge in [-0.1, -0.05) is 6.92 Å². The van der Waals surface area contributed by atoms with Crippen LogP contribution < -0.4 is 5.73 Å². The van der Waals surface area contributed by atoms with Crippen molar-refractivity contribution in [1.82, 2.24) is 4.31 Å². The Hall–Kier alpha value is -1.14. The number of benzene rings is 1. The van der Waals surface area contributed by atoms with Gasteiger partial charge in [0.05, 0.1) is 0 Å². The summed E-state index contributed by atoms with van der Waals surface area (Å²) in [5.74, 6) is -0.771. The van der Waals surface area contributed by atoms with Gasteiger partial charge in [0.1, 0.15) is 10.7 Å². The number of hydrogen-bond donors (Lipinski definition) is 1. The molecule has 0 saturated carbocycles. The summed E-state index contributed by atoms with van der Waals surface area (Å²) in [5, 5.41) is 0. The molecule has 0 aliphatic heterocycles. The van der Waals surface area contributed by atoms with Gasteiger partial charge in [-0.05, 0) is 24.6 Å². The van der Waals surface area contributed by atoms with Crippen LogP contribution in [0.2, 0.25) is 0 Å². The van der Waals surface area contributed by atoms with Gasteiger partial charge in [0.25, 0.3) is 0 Å². The van der Waals surface area contributed by atoms with Crippen LogP contribution >= 0.6 is 0 Å². The highest BCUT2D eigenvalue weighted by molar-refractivity contribution is 7.89. The molecule has 6 heteroatoms. The number of sulfonamides is 1. The van der Waals surface area contributed by atoms with Gasteiger partial charge in [0.15, 0.2) is 0 Å². The van der Waals surface area contributed by atoms with E-state index in [9.17, 15) is 12.8 Å². The lowest BCUT2D eigenvalue weighted by Gasteiger charge is -2.16. The molecular formula is C10H15FN2O2S. The number of halogens is 1. The summed E-state index contributed by atoms with van der Waals surface area (Å²) in [5.41, 5.74) is 6.37. The number of anilines is 1. The zero-order chi connectivity index (χ0) is 12.5. The lowest BCUT2D eigenvalue weighted by atomic mass is 10.2. The molecule has 0 aliphatic carbocycles. The molecule has 1 rings (SSSR count). The molecule has 1 aromatic carbocycles. The fourth-order valence-electron chi connectivity index (χ4n) is 1.20. The maximum atomic E-state index is 13.6. The van der Waals surface area contributed by atoms with E-state index in [2.05, 4.69) is 0 Å². The van der Waals surface area contributed by atoms with Crippen molar-refractivity contribution in [2.45, 2.75) is 18.7 Å². The lowest BCUT2D eigenvalue weighted by Crippen LogP contribution is -2.27. The maximum absolute atomic E-state index is 13.6. The van der Waals surface area contributed by atoms with Crippen LogP contribution in [-0.4, -0.2) is 26.3 Å². The third-order valence-corrected chi connectivity index (χ3v) is 4.40. The third kappa shape index (κ3) is 2.17.